The maximum Gasteiger partial charge on any atom is 0.253 e. The van der Waals surface area contributed by atoms with Crippen LogP contribution in [0.1, 0.15) is 36.0 Å². The predicted octanol–water partition coefficient (Wildman–Crippen LogP) is 2.87. The molecule has 116 valence electrons. The molecule has 4 heteroatoms. The number of carbonyl (C=O) groups is 1. The van der Waals surface area contributed by atoms with Crippen molar-refractivity contribution in [3.05, 3.63) is 36.0 Å². The first-order chi connectivity index (χ1) is 10.8. The molecule has 2 heterocycles. The highest BCUT2D eigenvalue weighted by molar-refractivity contribution is 5.98. The minimum atomic E-state index is 0.175. The summed E-state index contributed by atoms with van der Waals surface area (Å²) >= 11 is 0. The van der Waals surface area contributed by atoms with Crippen LogP contribution in [0.5, 0.6) is 0 Å². The number of rotatable bonds is 2. The minimum absolute atomic E-state index is 0.175. The molecule has 1 aromatic heterocycles. The second-order valence-electron chi connectivity index (χ2n) is 6.55. The van der Waals surface area contributed by atoms with Gasteiger partial charge in [-0.3, -0.25) is 9.69 Å². The zero-order valence-corrected chi connectivity index (χ0v) is 12.9. The molecule has 2 aliphatic rings. The molecule has 0 atom stereocenters. The van der Waals surface area contributed by atoms with Crippen LogP contribution in [0.3, 0.4) is 0 Å². The number of aromatic nitrogens is 1. The Morgan fingerprint density at radius 2 is 1.82 bits per heavy atom. The Morgan fingerprint density at radius 1 is 1.05 bits per heavy atom. The number of benzene rings is 1. The molecule has 1 amide bonds. The van der Waals surface area contributed by atoms with Gasteiger partial charge in [-0.15, -0.1) is 0 Å². The summed E-state index contributed by atoms with van der Waals surface area (Å²) in [6, 6.07) is 8.72. The lowest BCUT2D eigenvalue weighted by Gasteiger charge is -2.38. The largest absolute Gasteiger partial charge is 0.361 e. The van der Waals surface area contributed by atoms with Gasteiger partial charge in [0.05, 0.1) is 0 Å². The van der Waals surface area contributed by atoms with Crippen molar-refractivity contribution in [3.8, 4) is 0 Å². The summed E-state index contributed by atoms with van der Waals surface area (Å²) < 4.78 is 0. The first kappa shape index (κ1) is 13.8. The van der Waals surface area contributed by atoms with Crippen LogP contribution in [-0.4, -0.2) is 52.9 Å². The fourth-order valence-corrected chi connectivity index (χ4v) is 3.93. The molecule has 1 aliphatic heterocycles. The summed E-state index contributed by atoms with van der Waals surface area (Å²) in [7, 11) is 0. The number of H-pyrrole nitrogens is 1. The average Bonchev–Trinajstić information content (AvgIpc) is 3.25. The van der Waals surface area contributed by atoms with E-state index in [0.717, 1.165) is 48.7 Å². The van der Waals surface area contributed by atoms with Crippen molar-refractivity contribution >= 4 is 16.8 Å². The highest BCUT2D eigenvalue weighted by Gasteiger charge is 2.28. The molecule has 0 bridgehead atoms. The van der Waals surface area contributed by atoms with Crippen LogP contribution in [0, 0.1) is 0 Å². The van der Waals surface area contributed by atoms with E-state index in [4.69, 9.17) is 0 Å². The van der Waals surface area contributed by atoms with Crippen LogP contribution >= 0.6 is 0 Å². The quantitative estimate of drug-likeness (QED) is 0.926. The van der Waals surface area contributed by atoms with Crippen molar-refractivity contribution in [3.63, 3.8) is 0 Å². The number of piperazine rings is 1. The van der Waals surface area contributed by atoms with Crippen molar-refractivity contribution < 1.29 is 4.79 Å². The first-order valence-electron chi connectivity index (χ1n) is 8.42. The fourth-order valence-electron chi connectivity index (χ4n) is 3.93. The van der Waals surface area contributed by atoms with Crippen LogP contribution in [0.15, 0.2) is 30.5 Å². The summed E-state index contributed by atoms with van der Waals surface area (Å²) in [6.07, 6.45) is 7.36. The molecule has 1 N–H and O–H groups in total. The lowest BCUT2D eigenvalue weighted by atomic mass is 10.1. The van der Waals surface area contributed by atoms with Gasteiger partial charge in [-0.2, -0.15) is 0 Å². The Morgan fingerprint density at radius 3 is 2.59 bits per heavy atom. The molecular formula is C18H23N3O. The van der Waals surface area contributed by atoms with Crippen molar-refractivity contribution in [2.24, 2.45) is 0 Å². The molecule has 1 aliphatic carbocycles. The van der Waals surface area contributed by atoms with Gasteiger partial charge < -0.3 is 9.88 Å². The Hall–Kier alpha value is -1.81. The van der Waals surface area contributed by atoms with Crippen molar-refractivity contribution in [1.29, 1.82) is 0 Å². The molecule has 0 radical (unpaired) electrons. The molecule has 1 aromatic carbocycles. The number of nitrogens with one attached hydrogen (secondary N) is 1. The van der Waals surface area contributed by atoms with E-state index in [1.54, 1.807) is 0 Å². The van der Waals surface area contributed by atoms with E-state index in [2.05, 4.69) is 9.88 Å². The normalized spacial score (nSPS) is 20.8. The van der Waals surface area contributed by atoms with E-state index >= 15 is 0 Å². The second kappa shape index (κ2) is 5.76. The summed E-state index contributed by atoms with van der Waals surface area (Å²) in [5, 5.41) is 1.11. The number of nitrogens with zero attached hydrogens (tertiary/aromatic N) is 2. The zero-order chi connectivity index (χ0) is 14.9. The Labute approximate surface area is 131 Å². The van der Waals surface area contributed by atoms with Crippen molar-refractivity contribution in [2.45, 2.75) is 31.7 Å². The Balaban J connectivity index is 1.42. The number of amides is 1. The number of carbonyl (C=O) groups excluding carboxylic acids is 1. The SMILES string of the molecule is O=C(c1ccc2[nH]ccc2c1)N1CCN(C2CCCC2)CC1. The van der Waals surface area contributed by atoms with Crippen LogP contribution in [-0.2, 0) is 0 Å². The van der Waals surface area contributed by atoms with Crippen LogP contribution in [0.2, 0.25) is 0 Å². The van der Waals surface area contributed by atoms with Crippen LogP contribution < -0.4 is 0 Å². The lowest BCUT2D eigenvalue weighted by molar-refractivity contribution is 0.0573. The van der Waals surface area contributed by atoms with Crippen LogP contribution in [0.25, 0.3) is 10.9 Å². The van der Waals surface area contributed by atoms with Gasteiger partial charge in [0.15, 0.2) is 0 Å². The zero-order valence-electron chi connectivity index (χ0n) is 12.9. The third kappa shape index (κ3) is 2.52. The standard InChI is InChI=1S/C18H23N3O/c22-18(15-5-6-17-14(13-15)7-8-19-17)21-11-9-20(10-12-21)16-3-1-2-4-16/h5-8,13,16,19H,1-4,9-12H2. The monoisotopic (exact) mass is 297 g/mol. The van der Waals surface area contributed by atoms with Gasteiger partial charge in [0.2, 0.25) is 0 Å². The average molecular weight is 297 g/mol. The molecule has 0 spiro atoms. The van der Waals surface area contributed by atoms with Crippen molar-refractivity contribution in [2.75, 3.05) is 26.2 Å². The van der Waals surface area contributed by atoms with Crippen molar-refractivity contribution in [1.82, 2.24) is 14.8 Å². The molecule has 1 saturated heterocycles. The smallest absolute Gasteiger partial charge is 0.253 e. The van der Waals surface area contributed by atoms with Gasteiger partial charge in [-0.05, 0) is 37.1 Å². The summed E-state index contributed by atoms with van der Waals surface area (Å²) in [4.78, 5) is 20.5. The van der Waals surface area contributed by atoms with Gasteiger partial charge >= 0.3 is 0 Å². The molecule has 22 heavy (non-hydrogen) atoms. The van der Waals surface area contributed by atoms with Gasteiger partial charge in [0.1, 0.15) is 0 Å². The number of hydrogen-bond donors (Lipinski definition) is 1. The molecule has 1 saturated carbocycles. The van der Waals surface area contributed by atoms with E-state index < -0.39 is 0 Å². The summed E-state index contributed by atoms with van der Waals surface area (Å²) in [6.45, 7) is 3.78. The molecular weight excluding hydrogens is 274 g/mol. The van der Waals surface area contributed by atoms with Gasteiger partial charge in [-0.25, -0.2) is 0 Å². The third-order valence-corrected chi connectivity index (χ3v) is 5.24. The van der Waals surface area contributed by atoms with Gasteiger partial charge in [0.25, 0.3) is 5.91 Å². The maximum atomic E-state index is 12.7. The summed E-state index contributed by atoms with van der Waals surface area (Å²) in [5.41, 5.74) is 1.89. The van der Waals surface area contributed by atoms with Gasteiger partial charge in [0, 0.05) is 54.9 Å². The van der Waals surface area contributed by atoms with E-state index in [-0.39, 0.29) is 5.91 Å². The van der Waals surface area contributed by atoms with E-state index in [0.29, 0.717) is 0 Å². The van der Waals surface area contributed by atoms with Crippen LogP contribution in [0.4, 0.5) is 0 Å². The van der Waals surface area contributed by atoms with E-state index in [1.165, 1.54) is 25.7 Å². The van der Waals surface area contributed by atoms with Gasteiger partial charge in [-0.1, -0.05) is 12.8 Å². The Kier molecular flexibility index (Phi) is 3.62. The summed E-state index contributed by atoms with van der Waals surface area (Å²) in [5.74, 6) is 0.175. The second-order valence-corrected chi connectivity index (χ2v) is 6.55. The molecule has 0 unspecified atom stereocenters. The minimum Gasteiger partial charge on any atom is -0.361 e. The lowest BCUT2D eigenvalue weighted by Crippen LogP contribution is -2.51. The fraction of sp³-hybridized carbons (Fsp3) is 0.500. The number of hydrogen-bond acceptors (Lipinski definition) is 2. The highest BCUT2D eigenvalue weighted by atomic mass is 16.2. The molecule has 4 rings (SSSR count). The molecule has 4 nitrogen and oxygen atoms in total. The van der Waals surface area contributed by atoms with E-state index in [1.807, 2.05) is 35.4 Å². The number of fused-ring (bicyclic) bond motifs is 1. The number of aromatic amines is 1. The highest BCUT2D eigenvalue weighted by Crippen LogP contribution is 2.24. The topological polar surface area (TPSA) is 39.3 Å². The maximum absolute atomic E-state index is 12.7. The first-order valence-corrected chi connectivity index (χ1v) is 8.42. The molecule has 2 fully saturated rings. The predicted molar refractivity (Wildman–Crippen MR) is 88.0 cm³/mol. The van der Waals surface area contributed by atoms with E-state index in [9.17, 15) is 4.79 Å². The third-order valence-electron chi connectivity index (χ3n) is 5.24. The Bertz CT molecular complexity index is 664. The molecule has 2 aromatic rings.